The molecule has 96 valence electrons. The summed E-state index contributed by atoms with van der Waals surface area (Å²) in [6, 6.07) is -0.692. The van der Waals surface area contributed by atoms with E-state index in [1.54, 1.807) is 38.1 Å². The van der Waals surface area contributed by atoms with Crippen LogP contribution in [-0.4, -0.2) is 45.4 Å². The third-order valence-corrected chi connectivity index (χ3v) is 2.61. The number of aryl methyl sites for hydroxylation is 1. The molecule has 2 atom stereocenters. The molecule has 6 heteroatoms. The molecule has 0 radical (unpaired) electrons. The summed E-state index contributed by atoms with van der Waals surface area (Å²) in [5.74, 6) is -0.168. The van der Waals surface area contributed by atoms with E-state index in [0.717, 1.165) is 0 Å². The molecule has 3 N–H and O–H groups in total. The van der Waals surface area contributed by atoms with Gasteiger partial charge in [-0.1, -0.05) is 0 Å². The number of rotatable bonds is 5. The monoisotopic (exact) mass is 240 g/mol. The Hall–Kier alpha value is -1.40. The average Bonchev–Trinajstić information content (AvgIpc) is 2.70. The standard InChI is InChI=1S/C11H20N4O2/c1-8(16)4-5-14(2)11(17)10(12)9-6-13-15(3)7-9/h6-8,10,16H,4-5,12H2,1-3H3. The third-order valence-electron chi connectivity index (χ3n) is 2.61. The highest BCUT2D eigenvalue weighted by Gasteiger charge is 2.21. The van der Waals surface area contributed by atoms with Gasteiger partial charge in [0, 0.05) is 32.4 Å². The van der Waals surface area contributed by atoms with Crippen molar-refractivity contribution >= 4 is 5.91 Å². The Morgan fingerprint density at radius 1 is 1.71 bits per heavy atom. The summed E-state index contributed by atoms with van der Waals surface area (Å²) in [7, 11) is 3.46. The zero-order valence-corrected chi connectivity index (χ0v) is 10.5. The second-order valence-corrected chi connectivity index (χ2v) is 4.32. The Kier molecular flexibility index (Phi) is 4.65. The fraction of sp³-hybridized carbons (Fsp3) is 0.636. The first kappa shape index (κ1) is 13.7. The summed E-state index contributed by atoms with van der Waals surface area (Å²) in [5.41, 5.74) is 6.55. The van der Waals surface area contributed by atoms with Gasteiger partial charge in [-0.2, -0.15) is 5.10 Å². The number of nitrogens with zero attached hydrogens (tertiary/aromatic N) is 3. The fourth-order valence-electron chi connectivity index (χ4n) is 1.47. The number of aliphatic hydroxyl groups excluding tert-OH is 1. The average molecular weight is 240 g/mol. The van der Waals surface area contributed by atoms with Gasteiger partial charge in [0.1, 0.15) is 6.04 Å². The van der Waals surface area contributed by atoms with Gasteiger partial charge in [0.2, 0.25) is 5.91 Å². The smallest absolute Gasteiger partial charge is 0.243 e. The van der Waals surface area contributed by atoms with Crippen molar-refractivity contribution in [3.05, 3.63) is 18.0 Å². The minimum atomic E-state index is -0.692. The van der Waals surface area contributed by atoms with Gasteiger partial charge in [0.25, 0.3) is 0 Å². The van der Waals surface area contributed by atoms with Crippen molar-refractivity contribution in [1.29, 1.82) is 0 Å². The van der Waals surface area contributed by atoms with Crippen LogP contribution in [0.4, 0.5) is 0 Å². The summed E-state index contributed by atoms with van der Waals surface area (Å²) in [6.45, 7) is 2.18. The van der Waals surface area contributed by atoms with Crippen LogP contribution in [0, 0.1) is 0 Å². The minimum absolute atomic E-state index is 0.168. The molecule has 0 fully saturated rings. The molecule has 1 aromatic heterocycles. The van der Waals surface area contributed by atoms with E-state index < -0.39 is 12.1 Å². The molecule has 0 aromatic carbocycles. The molecular weight excluding hydrogens is 220 g/mol. The Labute approximate surface area is 101 Å². The van der Waals surface area contributed by atoms with Crippen molar-refractivity contribution in [3.63, 3.8) is 0 Å². The van der Waals surface area contributed by atoms with Crippen molar-refractivity contribution < 1.29 is 9.90 Å². The maximum Gasteiger partial charge on any atom is 0.243 e. The molecule has 6 nitrogen and oxygen atoms in total. The number of aliphatic hydroxyl groups is 1. The third kappa shape index (κ3) is 3.83. The molecule has 0 aliphatic heterocycles. The van der Waals surface area contributed by atoms with Crippen LogP contribution in [0.25, 0.3) is 0 Å². The largest absolute Gasteiger partial charge is 0.393 e. The van der Waals surface area contributed by atoms with Crippen LogP contribution >= 0.6 is 0 Å². The zero-order valence-electron chi connectivity index (χ0n) is 10.5. The number of aromatic nitrogens is 2. The lowest BCUT2D eigenvalue weighted by Gasteiger charge is -2.21. The number of carbonyl (C=O) groups is 1. The van der Waals surface area contributed by atoms with E-state index in [2.05, 4.69) is 5.10 Å². The molecular formula is C11H20N4O2. The van der Waals surface area contributed by atoms with Crippen LogP contribution < -0.4 is 5.73 Å². The fourth-order valence-corrected chi connectivity index (χ4v) is 1.47. The number of amides is 1. The van der Waals surface area contributed by atoms with Crippen LogP contribution in [-0.2, 0) is 11.8 Å². The molecule has 17 heavy (non-hydrogen) atoms. The first-order chi connectivity index (χ1) is 7.91. The highest BCUT2D eigenvalue weighted by atomic mass is 16.3. The number of nitrogens with two attached hydrogens (primary N) is 1. The molecule has 2 unspecified atom stereocenters. The van der Waals surface area contributed by atoms with Gasteiger partial charge in [-0.25, -0.2) is 0 Å². The summed E-state index contributed by atoms with van der Waals surface area (Å²) in [6.07, 6.45) is 3.44. The highest BCUT2D eigenvalue weighted by molar-refractivity contribution is 5.82. The van der Waals surface area contributed by atoms with Crippen molar-refractivity contribution in [1.82, 2.24) is 14.7 Å². The molecule has 1 aromatic rings. The quantitative estimate of drug-likeness (QED) is 0.736. The first-order valence-electron chi connectivity index (χ1n) is 5.59. The summed E-state index contributed by atoms with van der Waals surface area (Å²) >= 11 is 0. The Bertz CT molecular complexity index is 375. The maximum absolute atomic E-state index is 11.9. The van der Waals surface area contributed by atoms with Crippen molar-refractivity contribution in [3.8, 4) is 0 Å². The van der Waals surface area contributed by atoms with Gasteiger partial charge >= 0.3 is 0 Å². The highest BCUT2D eigenvalue weighted by Crippen LogP contribution is 2.11. The lowest BCUT2D eigenvalue weighted by atomic mass is 10.1. The van der Waals surface area contributed by atoms with Crippen LogP contribution in [0.3, 0.4) is 0 Å². The Morgan fingerprint density at radius 2 is 2.35 bits per heavy atom. The van der Waals surface area contributed by atoms with Crippen LogP contribution in [0.1, 0.15) is 24.9 Å². The zero-order chi connectivity index (χ0) is 13.0. The normalized spacial score (nSPS) is 14.4. The molecule has 0 saturated heterocycles. The van der Waals surface area contributed by atoms with Crippen LogP contribution in [0.2, 0.25) is 0 Å². The summed E-state index contributed by atoms with van der Waals surface area (Å²) in [4.78, 5) is 13.5. The van der Waals surface area contributed by atoms with E-state index in [0.29, 0.717) is 18.5 Å². The summed E-state index contributed by atoms with van der Waals surface area (Å²) < 4.78 is 1.61. The molecule has 1 heterocycles. The molecule has 0 saturated carbocycles. The predicted molar refractivity (Wildman–Crippen MR) is 64.1 cm³/mol. The Morgan fingerprint density at radius 3 is 2.82 bits per heavy atom. The molecule has 1 amide bonds. The van der Waals surface area contributed by atoms with E-state index in [1.165, 1.54) is 4.90 Å². The molecule has 0 aliphatic carbocycles. The van der Waals surface area contributed by atoms with Gasteiger partial charge < -0.3 is 15.7 Å². The summed E-state index contributed by atoms with van der Waals surface area (Å²) in [5, 5.41) is 13.1. The van der Waals surface area contributed by atoms with Crippen molar-refractivity contribution in [2.24, 2.45) is 12.8 Å². The number of likely N-dealkylation sites (N-methyl/N-ethyl adjacent to an activating group) is 1. The lowest BCUT2D eigenvalue weighted by molar-refractivity contribution is -0.131. The van der Waals surface area contributed by atoms with E-state index in [4.69, 9.17) is 10.8 Å². The van der Waals surface area contributed by atoms with Crippen molar-refractivity contribution in [2.45, 2.75) is 25.5 Å². The van der Waals surface area contributed by atoms with Gasteiger partial charge in [-0.3, -0.25) is 9.48 Å². The van der Waals surface area contributed by atoms with E-state index in [-0.39, 0.29) is 5.91 Å². The van der Waals surface area contributed by atoms with E-state index in [1.807, 2.05) is 0 Å². The lowest BCUT2D eigenvalue weighted by Crippen LogP contribution is -2.37. The molecule has 1 rings (SSSR count). The van der Waals surface area contributed by atoms with Gasteiger partial charge in [0.05, 0.1) is 12.3 Å². The first-order valence-corrected chi connectivity index (χ1v) is 5.59. The minimum Gasteiger partial charge on any atom is -0.393 e. The van der Waals surface area contributed by atoms with Crippen LogP contribution in [0.15, 0.2) is 12.4 Å². The van der Waals surface area contributed by atoms with Crippen molar-refractivity contribution in [2.75, 3.05) is 13.6 Å². The number of carbonyl (C=O) groups excluding carboxylic acids is 1. The topological polar surface area (TPSA) is 84.4 Å². The second-order valence-electron chi connectivity index (χ2n) is 4.32. The van der Waals surface area contributed by atoms with Gasteiger partial charge in [-0.05, 0) is 13.3 Å². The number of hydrogen-bond donors (Lipinski definition) is 2. The SMILES string of the molecule is CC(O)CCN(C)C(=O)C(N)c1cnn(C)c1. The molecule has 0 spiro atoms. The maximum atomic E-state index is 11.9. The van der Waals surface area contributed by atoms with Crippen LogP contribution in [0.5, 0.6) is 0 Å². The number of hydrogen-bond acceptors (Lipinski definition) is 4. The molecule has 0 aliphatic rings. The van der Waals surface area contributed by atoms with E-state index in [9.17, 15) is 4.79 Å². The van der Waals surface area contributed by atoms with Gasteiger partial charge in [-0.15, -0.1) is 0 Å². The van der Waals surface area contributed by atoms with Gasteiger partial charge in [0.15, 0.2) is 0 Å². The predicted octanol–water partition coefficient (Wildman–Crippen LogP) is -0.351. The molecule has 0 bridgehead atoms. The second kappa shape index (κ2) is 5.79. The Balaban J connectivity index is 2.57. The van der Waals surface area contributed by atoms with E-state index >= 15 is 0 Å².